The first-order chi connectivity index (χ1) is 18.4. The molecular formula is C26H28N6O6. The van der Waals surface area contributed by atoms with Crippen LogP contribution in [0, 0.1) is 17.2 Å². The van der Waals surface area contributed by atoms with Crippen LogP contribution in [0.3, 0.4) is 0 Å². The molecule has 5 rings (SSSR count). The van der Waals surface area contributed by atoms with Crippen LogP contribution in [0.25, 0.3) is 0 Å². The quantitative estimate of drug-likeness (QED) is 0.413. The summed E-state index contributed by atoms with van der Waals surface area (Å²) in [4.78, 5) is 41.3. The van der Waals surface area contributed by atoms with E-state index < -0.39 is 6.09 Å². The number of pyridine rings is 1. The van der Waals surface area contributed by atoms with Gasteiger partial charge in [0, 0.05) is 7.05 Å². The molecule has 1 aromatic carbocycles. The fourth-order valence-corrected chi connectivity index (χ4v) is 4.88. The minimum Gasteiger partial charge on any atom is -0.484 e. The van der Waals surface area contributed by atoms with E-state index in [0.717, 1.165) is 30.5 Å². The van der Waals surface area contributed by atoms with Gasteiger partial charge in [-0.15, -0.1) is 0 Å². The molecule has 0 saturated carbocycles. The zero-order chi connectivity index (χ0) is 26.6. The van der Waals surface area contributed by atoms with Crippen molar-refractivity contribution >= 4 is 29.5 Å². The lowest BCUT2D eigenvalue weighted by Crippen LogP contribution is -2.30. The number of carbonyl (C=O) groups excluding carboxylic acids is 3. The fraction of sp³-hybridized carbons (Fsp3) is 0.423. The minimum atomic E-state index is -0.477. The van der Waals surface area contributed by atoms with E-state index in [-0.39, 0.29) is 31.1 Å². The van der Waals surface area contributed by atoms with Gasteiger partial charge in [0.25, 0.3) is 11.8 Å². The summed E-state index contributed by atoms with van der Waals surface area (Å²) in [5.41, 5.74) is 2.69. The molecule has 12 nitrogen and oxygen atoms in total. The molecule has 3 amide bonds. The maximum atomic E-state index is 12.4. The average Bonchev–Trinajstić information content (AvgIpc) is 3.51. The molecule has 0 spiro atoms. The third kappa shape index (κ3) is 5.47. The van der Waals surface area contributed by atoms with Crippen LogP contribution in [0.2, 0.25) is 0 Å². The molecule has 2 unspecified atom stereocenters. The van der Waals surface area contributed by atoms with Crippen molar-refractivity contribution in [3.63, 3.8) is 0 Å². The number of rotatable bonds is 9. The highest BCUT2D eigenvalue weighted by Crippen LogP contribution is 2.33. The highest BCUT2D eigenvalue weighted by Gasteiger charge is 2.34. The highest BCUT2D eigenvalue weighted by atomic mass is 16.6. The number of likely N-dealkylation sites (N-methyl/N-ethyl adjacent to an activating group) is 1. The molecule has 0 bridgehead atoms. The number of amides is 3. The van der Waals surface area contributed by atoms with Crippen LogP contribution in [0.1, 0.15) is 23.1 Å². The van der Waals surface area contributed by atoms with Gasteiger partial charge in [-0.25, -0.2) is 9.78 Å². The van der Waals surface area contributed by atoms with Crippen LogP contribution in [0.5, 0.6) is 11.5 Å². The van der Waals surface area contributed by atoms with Crippen molar-refractivity contribution in [1.82, 2.24) is 15.6 Å². The van der Waals surface area contributed by atoms with E-state index in [1.807, 2.05) is 6.07 Å². The van der Waals surface area contributed by atoms with E-state index >= 15 is 0 Å². The Balaban J connectivity index is 1.09. The Labute approximate surface area is 219 Å². The van der Waals surface area contributed by atoms with Crippen LogP contribution in [-0.4, -0.2) is 68.9 Å². The number of fused-ring (bicyclic) bond motifs is 2. The van der Waals surface area contributed by atoms with E-state index in [0.29, 0.717) is 54.1 Å². The van der Waals surface area contributed by atoms with Crippen LogP contribution in [0.4, 0.5) is 16.4 Å². The third-order valence-corrected chi connectivity index (χ3v) is 6.77. The Bertz CT molecular complexity index is 1310. The third-order valence-electron chi connectivity index (χ3n) is 6.77. The number of cyclic esters (lactones) is 1. The Morgan fingerprint density at radius 1 is 1.32 bits per heavy atom. The normalized spacial score (nSPS) is 19.5. The standard InChI is InChI=1S/C26H28N6O6/c1-28-23(33)13-36-19-8-16-6-15(7-20(16)17(9-19)10-27)11-29-5-4-18-12-32(26(35)38-18)22-3-2-21-25(30-22)31-24(34)14-37-21/h2-3,8-9,15,18,29H,4-7,11-14H2,1H3,(H,28,33)(H,30,31,34). The number of ether oxygens (including phenoxy) is 3. The summed E-state index contributed by atoms with van der Waals surface area (Å²) < 4.78 is 16.4. The second kappa shape index (κ2) is 10.9. The van der Waals surface area contributed by atoms with Crippen molar-refractivity contribution in [2.24, 2.45) is 5.92 Å². The first kappa shape index (κ1) is 25.3. The molecule has 12 heteroatoms. The second-order valence-electron chi connectivity index (χ2n) is 9.42. The number of nitrogens with one attached hydrogen (secondary N) is 3. The van der Waals surface area contributed by atoms with Gasteiger partial charge in [0.05, 0.1) is 18.2 Å². The lowest BCUT2D eigenvalue weighted by atomic mass is 10.0. The monoisotopic (exact) mass is 520 g/mol. The number of anilines is 2. The molecule has 3 aliphatic rings. The van der Waals surface area contributed by atoms with Gasteiger partial charge in [-0.3, -0.25) is 14.5 Å². The lowest BCUT2D eigenvalue weighted by molar-refractivity contribution is -0.122. The summed E-state index contributed by atoms with van der Waals surface area (Å²) in [6.45, 7) is 1.62. The van der Waals surface area contributed by atoms with Gasteiger partial charge >= 0.3 is 6.09 Å². The van der Waals surface area contributed by atoms with E-state index in [4.69, 9.17) is 14.2 Å². The fourth-order valence-electron chi connectivity index (χ4n) is 4.88. The zero-order valence-electron chi connectivity index (χ0n) is 20.9. The number of benzene rings is 1. The maximum Gasteiger partial charge on any atom is 0.415 e. The number of aromatic nitrogens is 1. The van der Waals surface area contributed by atoms with Crippen LogP contribution in [0.15, 0.2) is 24.3 Å². The molecule has 2 aromatic rings. The average molecular weight is 521 g/mol. The van der Waals surface area contributed by atoms with Gasteiger partial charge in [-0.2, -0.15) is 5.26 Å². The van der Waals surface area contributed by atoms with Crippen molar-refractivity contribution in [3.8, 4) is 17.6 Å². The summed E-state index contributed by atoms with van der Waals surface area (Å²) in [7, 11) is 1.54. The van der Waals surface area contributed by atoms with Crippen molar-refractivity contribution in [3.05, 3.63) is 41.0 Å². The van der Waals surface area contributed by atoms with Gasteiger partial charge in [-0.05, 0) is 73.7 Å². The van der Waals surface area contributed by atoms with Crippen LogP contribution < -0.4 is 30.3 Å². The highest BCUT2D eigenvalue weighted by molar-refractivity contribution is 5.95. The molecule has 0 radical (unpaired) electrons. The topological polar surface area (TPSA) is 155 Å². The van der Waals surface area contributed by atoms with Crippen LogP contribution in [-0.2, 0) is 27.2 Å². The van der Waals surface area contributed by atoms with E-state index in [1.165, 1.54) is 4.90 Å². The largest absolute Gasteiger partial charge is 0.484 e. The maximum absolute atomic E-state index is 12.4. The molecule has 3 heterocycles. The molecule has 1 saturated heterocycles. The van der Waals surface area contributed by atoms with Gasteiger partial charge < -0.3 is 30.2 Å². The first-order valence-electron chi connectivity index (χ1n) is 12.5. The molecule has 1 fully saturated rings. The van der Waals surface area contributed by atoms with Crippen molar-refractivity contribution in [1.29, 1.82) is 5.26 Å². The predicted molar refractivity (Wildman–Crippen MR) is 135 cm³/mol. The summed E-state index contributed by atoms with van der Waals surface area (Å²) in [6, 6.07) is 9.19. The molecular weight excluding hydrogens is 492 g/mol. The Morgan fingerprint density at radius 3 is 3.00 bits per heavy atom. The number of hydrogen-bond donors (Lipinski definition) is 3. The Morgan fingerprint density at radius 2 is 2.18 bits per heavy atom. The lowest BCUT2D eigenvalue weighted by Gasteiger charge is -2.19. The zero-order valence-corrected chi connectivity index (χ0v) is 20.9. The number of nitriles is 1. The van der Waals surface area contributed by atoms with Crippen molar-refractivity contribution in [2.45, 2.75) is 25.4 Å². The molecule has 2 aliphatic heterocycles. The van der Waals surface area contributed by atoms with E-state index in [2.05, 4.69) is 27.0 Å². The molecule has 1 aromatic heterocycles. The Kier molecular flexibility index (Phi) is 7.28. The summed E-state index contributed by atoms with van der Waals surface area (Å²) in [5, 5.41) is 18.2. The summed E-state index contributed by atoms with van der Waals surface area (Å²) in [5.74, 6) is 1.47. The molecule has 2 atom stereocenters. The first-order valence-corrected chi connectivity index (χ1v) is 12.5. The SMILES string of the molecule is CNC(=O)COc1cc(C#N)c2c(c1)CC(CNCCC1CN(c3ccc4c(n3)NC(=O)CO4)C(=O)O1)C2. The molecule has 1 aliphatic carbocycles. The number of nitrogens with zero attached hydrogens (tertiary/aromatic N) is 3. The minimum absolute atomic E-state index is 0.0597. The van der Waals surface area contributed by atoms with Gasteiger partial charge in [0.1, 0.15) is 17.7 Å². The van der Waals surface area contributed by atoms with E-state index in [1.54, 1.807) is 25.2 Å². The Hall–Kier alpha value is -4.37. The number of hydrogen-bond acceptors (Lipinski definition) is 9. The summed E-state index contributed by atoms with van der Waals surface area (Å²) in [6.07, 6.45) is 1.47. The van der Waals surface area contributed by atoms with Crippen molar-refractivity contribution < 1.29 is 28.6 Å². The molecule has 198 valence electrons. The summed E-state index contributed by atoms with van der Waals surface area (Å²) >= 11 is 0. The smallest absolute Gasteiger partial charge is 0.415 e. The van der Waals surface area contributed by atoms with Gasteiger partial charge in [0.15, 0.2) is 24.8 Å². The predicted octanol–water partition coefficient (Wildman–Crippen LogP) is 1.13. The van der Waals surface area contributed by atoms with Gasteiger partial charge in [0.2, 0.25) is 0 Å². The van der Waals surface area contributed by atoms with Crippen molar-refractivity contribution in [2.75, 3.05) is 50.1 Å². The second-order valence-corrected chi connectivity index (χ2v) is 9.42. The molecule has 38 heavy (non-hydrogen) atoms. The number of carbonyl (C=O) groups is 3. The van der Waals surface area contributed by atoms with Gasteiger partial charge in [-0.1, -0.05) is 0 Å². The van der Waals surface area contributed by atoms with Crippen LogP contribution >= 0.6 is 0 Å². The molecule has 3 N–H and O–H groups in total. The van der Waals surface area contributed by atoms with E-state index in [9.17, 15) is 19.6 Å².